The van der Waals surface area contributed by atoms with Gasteiger partial charge in [-0.1, -0.05) is 11.6 Å². The number of allylic oxidation sites excluding steroid dienone is 1. The number of nitrogens with zero attached hydrogens (tertiary/aromatic N) is 1. The van der Waals surface area contributed by atoms with E-state index in [0.717, 1.165) is 25.9 Å². The average Bonchev–Trinajstić information content (AvgIpc) is 2.15. The first-order chi connectivity index (χ1) is 6.94. The SMILES string of the molecule is CC(C)=CCN1CCCC(C)(C(=O)O)C1. The van der Waals surface area contributed by atoms with E-state index in [9.17, 15) is 4.79 Å². The number of carboxylic acids is 1. The predicted molar refractivity (Wildman–Crippen MR) is 60.8 cm³/mol. The highest BCUT2D eigenvalue weighted by molar-refractivity contribution is 5.74. The van der Waals surface area contributed by atoms with Crippen LogP contribution in [0.2, 0.25) is 0 Å². The van der Waals surface area contributed by atoms with Gasteiger partial charge in [0.25, 0.3) is 0 Å². The molecule has 1 atom stereocenters. The highest BCUT2D eigenvalue weighted by atomic mass is 16.4. The second kappa shape index (κ2) is 4.79. The molecule has 1 N–H and O–H groups in total. The maximum absolute atomic E-state index is 11.1. The third kappa shape index (κ3) is 3.34. The molecule has 1 aliphatic heterocycles. The molecule has 1 unspecified atom stereocenters. The Morgan fingerprint density at radius 2 is 2.20 bits per heavy atom. The first-order valence-corrected chi connectivity index (χ1v) is 5.53. The highest BCUT2D eigenvalue weighted by Gasteiger charge is 2.37. The summed E-state index contributed by atoms with van der Waals surface area (Å²) in [6, 6.07) is 0. The van der Waals surface area contributed by atoms with Gasteiger partial charge in [0.05, 0.1) is 5.41 Å². The van der Waals surface area contributed by atoms with Crippen molar-refractivity contribution >= 4 is 5.97 Å². The fourth-order valence-electron chi connectivity index (χ4n) is 1.99. The van der Waals surface area contributed by atoms with Gasteiger partial charge in [0.1, 0.15) is 0 Å². The Kier molecular flexibility index (Phi) is 3.91. The normalized spacial score (nSPS) is 27.4. The molecule has 0 radical (unpaired) electrons. The Bertz CT molecular complexity index is 269. The molecular weight excluding hydrogens is 190 g/mol. The van der Waals surface area contributed by atoms with Crippen LogP contribution in [0.3, 0.4) is 0 Å². The topological polar surface area (TPSA) is 40.5 Å². The van der Waals surface area contributed by atoms with Crippen LogP contribution in [0, 0.1) is 5.41 Å². The van der Waals surface area contributed by atoms with Crippen molar-refractivity contribution in [2.24, 2.45) is 5.41 Å². The van der Waals surface area contributed by atoms with Gasteiger partial charge < -0.3 is 5.11 Å². The van der Waals surface area contributed by atoms with Crippen LogP contribution in [0.25, 0.3) is 0 Å². The molecule has 3 nitrogen and oxygen atoms in total. The number of hydrogen-bond donors (Lipinski definition) is 1. The van der Waals surface area contributed by atoms with E-state index in [-0.39, 0.29) is 0 Å². The van der Waals surface area contributed by atoms with Crippen molar-refractivity contribution in [2.75, 3.05) is 19.6 Å². The van der Waals surface area contributed by atoms with Gasteiger partial charge in [-0.05, 0) is 40.2 Å². The molecule has 0 aromatic carbocycles. The van der Waals surface area contributed by atoms with Crippen LogP contribution < -0.4 is 0 Å². The lowest BCUT2D eigenvalue weighted by molar-refractivity contribution is -0.151. The predicted octanol–water partition coefficient (Wildman–Crippen LogP) is 2.14. The summed E-state index contributed by atoms with van der Waals surface area (Å²) in [4.78, 5) is 13.3. The zero-order chi connectivity index (χ0) is 11.5. The van der Waals surface area contributed by atoms with Crippen LogP contribution >= 0.6 is 0 Å². The van der Waals surface area contributed by atoms with Crippen LogP contribution in [0.1, 0.15) is 33.6 Å². The zero-order valence-electron chi connectivity index (χ0n) is 9.92. The van der Waals surface area contributed by atoms with E-state index in [2.05, 4.69) is 24.8 Å². The monoisotopic (exact) mass is 211 g/mol. The second-order valence-electron chi connectivity index (χ2n) is 4.99. The Hall–Kier alpha value is -0.830. The fourth-order valence-corrected chi connectivity index (χ4v) is 1.99. The third-order valence-electron chi connectivity index (χ3n) is 3.05. The quantitative estimate of drug-likeness (QED) is 0.727. The Morgan fingerprint density at radius 1 is 1.53 bits per heavy atom. The molecule has 0 spiro atoms. The van der Waals surface area contributed by atoms with Crippen LogP contribution in [-0.4, -0.2) is 35.6 Å². The minimum absolute atomic E-state index is 0.548. The number of likely N-dealkylation sites (tertiary alicyclic amines) is 1. The molecule has 15 heavy (non-hydrogen) atoms. The molecule has 0 aromatic rings. The molecule has 0 aliphatic carbocycles. The van der Waals surface area contributed by atoms with Gasteiger partial charge in [-0.15, -0.1) is 0 Å². The van der Waals surface area contributed by atoms with E-state index < -0.39 is 11.4 Å². The van der Waals surface area contributed by atoms with Crippen LogP contribution in [0.4, 0.5) is 0 Å². The summed E-state index contributed by atoms with van der Waals surface area (Å²) in [5.41, 5.74) is 0.742. The molecule has 3 heteroatoms. The largest absolute Gasteiger partial charge is 0.481 e. The van der Waals surface area contributed by atoms with Gasteiger partial charge in [0.15, 0.2) is 0 Å². The van der Waals surface area contributed by atoms with Gasteiger partial charge >= 0.3 is 5.97 Å². The van der Waals surface area contributed by atoms with Gasteiger partial charge in [0.2, 0.25) is 0 Å². The molecule has 1 aliphatic rings. The van der Waals surface area contributed by atoms with E-state index in [1.807, 2.05) is 6.92 Å². The number of piperidine rings is 1. The third-order valence-corrected chi connectivity index (χ3v) is 3.05. The van der Waals surface area contributed by atoms with Gasteiger partial charge in [-0.25, -0.2) is 0 Å². The summed E-state index contributed by atoms with van der Waals surface area (Å²) in [5, 5.41) is 9.15. The minimum Gasteiger partial charge on any atom is -0.481 e. The summed E-state index contributed by atoms with van der Waals surface area (Å²) in [5.74, 6) is -0.663. The van der Waals surface area contributed by atoms with E-state index in [4.69, 9.17) is 5.11 Å². The Balaban J connectivity index is 2.56. The average molecular weight is 211 g/mol. The van der Waals surface area contributed by atoms with E-state index in [1.54, 1.807) is 0 Å². The van der Waals surface area contributed by atoms with Crippen molar-refractivity contribution in [1.82, 2.24) is 4.90 Å². The molecule has 1 fully saturated rings. The highest BCUT2D eigenvalue weighted by Crippen LogP contribution is 2.29. The van der Waals surface area contributed by atoms with Crippen LogP contribution in [0.15, 0.2) is 11.6 Å². The molecule has 1 saturated heterocycles. The molecule has 1 rings (SSSR count). The van der Waals surface area contributed by atoms with Gasteiger partial charge in [0, 0.05) is 13.1 Å². The fraction of sp³-hybridized carbons (Fsp3) is 0.750. The lowest BCUT2D eigenvalue weighted by Gasteiger charge is -2.37. The molecule has 0 bridgehead atoms. The number of carbonyl (C=O) groups is 1. The second-order valence-corrected chi connectivity index (χ2v) is 4.99. The van der Waals surface area contributed by atoms with Crippen molar-refractivity contribution in [3.8, 4) is 0 Å². The van der Waals surface area contributed by atoms with Gasteiger partial charge in [-0.2, -0.15) is 0 Å². The summed E-state index contributed by atoms with van der Waals surface area (Å²) in [7, 11) is 0. The summed E-state index contributed by atoms with van der Waals surface area (Å²) in [6.07, 6.45) is 3.95. The van der Waals surface area contributed by atoms with E-state index in [0.29, 0.717) is 6.54 Å². The summed E-state index contributed by atoms with van der Waals surface area (Å²) < 4.78 is 0. The summed E-state index contributed by atoms with van der Waals surface area (Å²) in [6.45, 7) is 8.56. The lowest BCUT2D eigenvalue weighted by atomic mass is 9.82. The lowest BCUT2D eigenvalue weighted by Crippen LogP contribution is -2.46. The smallest absolute Gasteiger partial charge is 0.310 e. The minimum atomic E-state index is -0.663. The molecule has 0 saturated carbocycles. The molecule has 86 valence electrons. The maximum atomic E-state index is 11.1. The van der Waals surface area contributed by atoms with Crippen molar-refractivity contribution in [3.05, 3.63) is 11.6 Å². The van der Waals surface area contributed by atoms with Crippen molar-refractivity contribution < 1.29 is 9.90 Å². The first kappa shape index (κ1) is 12.2. The first-order valence-electron chi connectivity index (χ1n) is 5.53. The van der Waals surface area contributed by atoms with Gasteiger partial charge in [-0.3, -0.25) is 9.69 Å². The Morgan fingerprint density at radius 3 is 2.73 bits per heavy atom. The molecule has 0 amide bonds. The number of carboxylic acid groups (broad SMARTS) is 1. The number of aliphatic carboxylic acids is 1. The number of hydrogen-bond acceptors (Lipinski definition) is 2. The van der Waals surface area contributed by atoms with Crippen molar-refractivity contribution in [1.29, 1.82) is 0 Å². The van der Waals surface area contributed by atoms with E-state index in [1.165, 1.54) is 5.57 Å². The van der Waals surface area contributed by atoms with E-state index >= 15 is 0 Å². The van der Waals surface area contributed by atoms with Crippen molar-refractivity contribution in [2.45, 2.75) is 33.6 Å². The van der Waals surface area contributed by atoms with Crippen molar-refractivity contribution in [3.63, 3.8) is 0 Å². The summed E-state index contributed by atoms with van der Waals surface area (Å²) >= 11 is 0. The Labute approximate surface area is 91.8 Å². The molecule has 1 heterocycles. The number of rotatable bonds is 3. The molecule has 0 aromatic heterocycles. The molecular formula is C12H21NO2. The van der Waals surface area contributed by atoms with Crippen LogP contribution in [0.5, 0.6) is 0 Å². The zero-order valence-corrected chi connectivity index (χ0v) is 9.92. The van der Waals surface area contributed by atoms with Crippen LogP contribution in [-0.2, 0) is 4.79 Å². The maximum Gasteiger partial charge on any atom is 0.310 e. The standard InChI is InChI=1S/C12H21NO2/c1-10(2)5-8-13-7-4-6-12(3,9-13)11(14)15/h5H,4,6-9H2,1-3H3,(H,14,15).